The second-order valence-electron chi connectivity index (χ2n) is 4.98. The van der Waals surface area contributed by atoms with Crippen LogP contribution in [0, 0.1) is 12.8 Å². The van der Waals surface area contributed by atoms with Gasteiger partial charge in [0.1, 0.15) is 10.6 Å². The maximum absolute atomic E-state index is 5.46. The summed E-state index contributed by atoms with van der Waals surface area (Å²) < 4.78 is 0. The molecule has 0 bridgehead atoms. The van der Waals surface area contributed by atoms with Crippen LogP contribution in [0.1, 0.15) is 25.1 Å². The van der Waals surface area contributed by atoms with E-state index in [-0.39, 0.29) is 0 Å². The highest BCUT2D eigenvalue weighted by molar-refractivity contribution is 7.18. The number of aromatic nitrogens is 2. The molecule has 1 atom stereocenters. The molecule has 0 aliphatic heterocycles. The summed E-state index contributed by atoms with van der Waals surface area (Å²) in [5.74, 6) is 7.50. The SMILES string of the molecule is CCC(C)CN(C)c1nc(NN)nc2sc(C)cc12. The van der Waals surface area contributed by atoms with E-state index in [4.69, 9.17) is 5.84 Å². The lowest BCUT2D eigenvalue weighted by Crippen LogP contribution is -2.25. The van der Waals surface area contributed by atoms with Crippen LogP contribution in [0.4, 0.5) is 11.8 Å². The van der Waals surface area contributed by atoms with Crippen LogP contribution in [-0.2, 0) is 0 Å². The molecule has 1 unspecified atom stereocenters. The summed E-state index contributed by atoms with van der Waals surface area (Å²) in [6, 6.07) is 2.14. The van der Waals surface area contributed by atoms with Crippen molar-refractivity contribution in [3.63, 3.8) is 0 Å². The lowest BCUT2D eigenvalue weighted by Gasteiger charge is -2.22. The molecule has 0 fully saturated rings. The smallest absolute Gasteiger partial charge is 0.240 e. The normalized spacial score (nSPS) is 12.7. The maximum Gasteiger partial charge on any atom is 0.240 e. The summed E-state index contributed by atoms with van der Waals surface area (Å²) in [4.78, 5) is 13.3. The Morgan fingerprint density at radius 1 is 1.47 bits per heavy atom. The van der Waals surface area contributed by atoms with Gasteiger partial charge in [-0.05, 0) is 18.9 Å². The van der Waals surface area contributed by atoms with Crippen LogP contribution in [0.2, 0.25) is 0 Å². The number of anilines is 2. The number of rotatable bonds is 5. The standard InChI is InChI=1S/C13H21N5S/c1-5-8(2)7-18(4)11-10-6-9(3)19-12(10)16-13(15-11)17-14/h6,8H,5,7,14H2,1-4H3,(H,15,16,17). The molecule has 2 aromatic rings. The van der Waals surface area contributed by atoms with E-state index in [0.29, 0.717) is 11.9 Å². The molecular formula is C13H21N5S. The lowest BCUT2D eigenvalue weighted by atomic mass is 10.1. The van der Waals surface area contributed by atoms with E-state index in [1.807, 2.05) is 0 Å². The number of fused-ring (bicyclic) bond motifs is 1. The van der Waals surface area contributed by atoms with E-state index in [1.165, 1.54) is 4.88 Å². The third kappa shape index (κ3) is 2.96. The number of nitrogens with two attached hydrogens (primary N) is 1. The van der Waals surface area contributed by atoms with Gasteiger partial charge in [-0.15, -0.1) is 11.3 Å². The average Bonchev–Trinajstić information content (AvgIpc) is 2.76. The zero-order valence-electron chi connectivity index (χ0n) is 11.9. The molecule has 0 aliphatic rings. The van der Waals surface area contributed by atoms with Gasteiger partial charge in [0.25, 0.3) is 0 Å². The number of hydrogen-bond donors (Lipinski definition) is 2. The number of aryl methyl sites for hydroxylation is 1. The Balaban J connectivity index is 2.44. The van der Waals surface area contributed by atoms with Crippen LogP contribution >= 0.6 is 11.3 Å². The lowest BCUT2D eigenvalue weighted by molar-refractivity contribution is 0.558. The first-order chi connectivity index (χ1) is 9.05. The third-order valence-corrected chi connectivity index (χ3v) is 4.21. The summed E-state index contributed by atoms with van der Waals surface area (Å²) in [7, 11) is 2.07. The Morgan fingerprint density at radius 3 is 2.84 bits per heavy atom. The van der Waals surface area contributed by atoms with Gasteiger partial charge in [0, 0.05) is 18.5 Å². The van der Waals surface area contributed by atoms with Gasteiger partial charge in [-0.25, -0.2) is 10.8 Å². The van der Waals surface area contributed by atoms with Crippen molar-refractivity contribution in [2.24, 2.45) is 11.8 Å². The number of hydrogen-bond acceptors (Lipinski definition) is 6. The second-order valence-corrected chi connectivity index (χ2v) is 6.22. The van der Waals surface area contributed by atoms with Gasteiger partial charge in [0.15, 0.2) is 0 Å². The average molecular weight is 279 g/mol. The van der Waals surface area contributed by atoms with E-state index in [0.717, 1.165) is 29.0 Å². The molecule has 0 saturated heterocycles. The van der Waals surface area contributed by atoms with Gasteiger partial charge in [0.2, 0.25) is 5.95 Å². The fourth-order valence-electron chi connectivity index (χ4n) is 2.07. The molecule has 2 rings (SSSR count). The molecule has 3 N–H and O–H groups in total. The monoisotopic (exact) mass is 279 g/mol. The number of nitrogen functional groups attached to an aromatic ring is 1. The summed E-state index contributed by atoms with van der Waals surface area (Å²) in [5.41, 5.74) is 2.55. The summed E-state index contributed by atoms with van der Waals surface area (Å²) in [6.45, 7) is 7.51. The Morgan fingerprint density at radius 2 is 2.21 bits per heavy atom. The largest absolute Gasteiger partial charge is 0.359 e. The number of nitrogens with one attached hydrogen (secondary N) is 1. The van der Waals surface area contributed by atoms with Crippen molar-refractivity contribution in [1.29, 1.82) is 0 Å². The minimum atomic E-state index is 0.473. The molecular weight excluding hydrogens is 258 g/mol. The first-order valence-corrected chi connectivity index (χ1v) is 7.32. The second kappa shape index (κ2) is 5.71. The van der Waals surface area contributed by atoms with Crippen molar-refractivity contribution in [3.05, 3.63) is 10.9 Å². The molecule has 19 heavy (non-hydrogen) atoms. The molecule has 0 saturated carbocycles. The number of thiophene rings is 1. The molecule has 104 valence electrons. The highest BCUT2D eigenvalue weighted by Gasteiger charge is 2.15. The molecule has 0 aliphatic carbocycles. The fourth-order valence-corrected chi connectivity index (χ4v) is 2.94. The van der Waals surface area contributed by atoms with Gasteiger partial charge >= 0.3 is 0 Å². The quantitative estimate of drug-likeness (QED) is 0.650. The Bertz CT molecular complexity index is 565. The molecule has 0 radical (unpaired) electrons. The molecule has 2 heterocycles. The predicted octanol–water partition coefficient (Wildman–Crippen LogP) is 2.77. The van der Waals surface area contributed by atoms with Crippen LogP contribution in [0.25, 0.3) is 10.2 Å². The molecule has 0 amide bonds. The van der Waals surface area contributed by atoms with E-state index in [1.54, 1.807) is 11.3 Å². The van der Waals surface area contributed by atoms with Crippen molar-refractivity contribution in [1.82, 2.24) is 9.97 Å². The first-order valence-electron chi connectivity index (χ1n) is 6.51. The van der Waals surface area contributed by atoms with Crippen molar-refractivity contribution in [2.45, 2.75) is 27.2 Å². The van der Waals surface area contributed by atoms with Crippen LogP contribution in [0.3, 0.4) is 0 Å². The van der Waals surface area contributed by atoms with Gasteiger partial charge in [-0.1, -0.05) is 20.3 Å². The van der Waals surface area contributed by atoms with Gasteiger partial charge in [-0.3, -0.25) is 5.43 Å². The van der Waals surface area contributed by atoms with Crippen LogP contribution in [0.15, 0.2) is 6.07 Å². The van der Waals surface area contributed by atoms with Crippen LogP contribution in [-0.4, -0.2) is 23.6 Å². The van der Waals surface area contributed by atoms with Crippen molar-refractivity contribution in [2.75, 3.05) is 23.9 Å². The van der Waals surface area contributed by atoms with Gasteiger partial charge in [0.05, 0.1) is 5.39 Å². The highest BCUT2D eigenvalue weighted by Crippen LogP contribution is 2.31. The predicted molar refractivity (Wildman–Crippen MR) is 82.7 cm³/mol. The van der Waals surface area contributed by atoms with Crippen molar-refractivity contribution in [3.8, 4) is 0 Å². The molecule has 0 spiro atoms. The van der Waals surface area contributed by atoms with E-state index >= 15 is 0 Å². The van der Waals surface area contributed by atoms with E-state index in [2.05, 4.69) is 54.2 Å². The van der Waals surface area contributed by atoms with Gasteiger partial charge in [-0.2, -0.15) is 4.98 Å². The Hall–Kier alpha value is -1.40. The third-order valence-electron chi connectivity index (χ3n) is 3.27. The minimum Gasteiger partial charge on any atom is -0.359 e. The highest BCUT2D eigenvalue weighted by atomic mass is 32.1. The molecule has 5 nitrogen and oxygen atoms in total. The molecule has 6 heteroatoms. The summed E-state index contributed by atoms with van der Waals surface area (Å²) in [6.07, 6.45) is 1.16. The Kier molecular flexibility index (Phi) is 4.21. The zero-order valence-corrected chi connectivity index (χ0v) is 12.7. The van der Waals surface area contributed by atoms with Crippen LogP contribution in [0.5, 0.6) is 0 Å². The first kappa shape index (κ1) is 14.0. The fraction of sp³-hybridized carbons (Fsp3) is 0.538. The zero-order chi connectivity index (χ0) is 14.0. The number of nitrogens with zero attached hydrogens (tertiary/aromatic N) is 3. The van der Waals surface area contributed by atoms with Gasteiger partial charge < -0.3 is 4.90 Å². The summed E-state index contributed by atoms with van der Waals surface area (Å²) >= 11 is 1.66. The number of hydrazine groups is 1. The van der Waals surface area contributed by atoms with E-state index < -0.39 is 0 Å². The minimum absolute atomic E-state index is 0.473. The van der Waals surface area contributed by atoms with E-state index in [9.17, 15) is 0 Å². The molecule has 0 aromatic carbocycles. The van der Waals surface area contributed by atoms with Crippen molar-refractivity contribution >= 4 is 33.3 Å². The maximum atomic E-state index is 5.46. The van der Waals surface area contributed by atoms with Crippen LogP contribution < -0.4 is 16.2 Å². The summed E-state index contributed by atoms with van der Waals surface area (Å²) in [5, 5.41) is 1.10. The topological polar surface area (TPSA) is 67.1 Å². The Labute approximate surface area is 117 Å². The van der Waals surface area contributed by atoms with Crippen molar-refractivity contribution < 1.29 is 0 Å². The molecule has 2 aromatic heterocycles.